The van der Waals surface area contributed by atoms with E-state index in [1.807, 2.05) is 0 Å². The molecule has 0 spiro atoms. The third kappa shape index (κ3) is 4.71. The molecular formula is C13H13ClF3N3O. The highest BCUT2D eigenvalue weighted by Gasteiger charge is 2.30. The molecule has 0 aliphatic heterocycles. The van der Waals surface area contributed by atoms with Gasteiger partial charge in [-0.15, -0.1) is 0 Å². The number of halogens is 4. The van der Waals surface area contributed by atoms with E-state index < -0.39 is 11.7 Å². The van der Waals surface area contributed by atoms with E-state index in [0.717, 1.165) is 18.5 Å². The van der Waals surface area contributed by atoms with Gasteiger partial charge in [0, 0.05) is 5.69 Å². The maximum atomic E-state index is 12.6. The second-order valence-electron chi connectivity index (χ2n) is 3.78. The van der Waals surface area contributed by atoms with Crippen molar-refractivity contribution in [3.63, 3.8) is 0 Å². The van der Waals surface area contributed by atoms with Crippen LogP contribution >= 0.6 is 11.6 Å². The first kappa shape index (κ1) is 16.9. The van der Waals surface area contributed by atoms with E-state index in [4.69, 9.17) is 22.1 Å². The van der Waals surface area contributed by atoms with Crippen LogP contribution in [0.25, 0.3) is 0 Å². The molecule has 0 saturated carbocycles. The van der Waals surface area contributed by atoms with Crippen molar-refractivity contribution in [2.45, 2.75) is 6.18 Å². The first-order valence-electron chi connectivity index (χ1n) is 5.61. The third-order valence-corrected chi connectivity index (χ3v) is 2.61. The van der Waals surface area contributed by atoms with Crippen molar-refractivity contribution in [2.24, 2.45) is 10.7 Å². The molecule has 1 rings (SSSR count). The van der Waals surface area contributed by atoms with Gasteiger partial charge in [-0.05, 0) is 18.2 Å². The molecule has 0 radical (unpaired) electrons. The lowest BCUT2D eigenvalue weighted by molar-refractivity contribution is -0.137. The SMILES string of the molecule is C=C(Nc1cccc(C(F)(F)F)c1)/C(OC)=C(/Cl)N=CN. The summed E-state index contributed by atoms with van der Waals surface area (Å²) < 4.78 is 42.9. The van der Waals surface area contributed by atoms with Crippen LogP contribution in [0.5, 0.6) is 0 Å². The number of ether oxygens (including phenoxy) is 1. The molecule has 0 saturated heterocycles. The number of hydrogen-bond acceptors (Lipinski definition) is 3. The molecule has 0 amide bonds. The average Bonchev–Trinajstić information content (AvgIpc) is 2.39. The number of nitrogens with two attached hydrogens (primary N) is 1. The van der Waals surface area contributed by atoms with Gasteiger partial charge in [-0.1, -0.05) is 24.2 Å². The number of methoxy groups -OCH3 is 1. The fourth-order valence-corrected chi connectivity index (χ4v) is 1.71. The van der Waals surface area contributed by atoms with Crippen LogP contribution in [0.1, 0.15) is 5.56 Å². The summed E-state index contributed by atoms with van der Waals surface area (Å²) in [6, 6.07) is 4.63. The Bertz CT molecular complexity index is 582. The van der Waals surface area contributed by atoms with Crippen LogP contribution in [-0.2, 0) is 10.9 Å². The van der Waals surface area contributed by atoms with Gasteiger partial charge < -0.3 is 15.8 Å². The van der Waals surface area contributed by atoms with Crippen molar-refractivity contribution in [1.29, 1.82) is 0 Å². The summed E-state index contributed by atoms with van der Waals surface area (Å²) in [6.07, 6.45) is -3.47. The van der Waals surface area contributed by atoms with E-state index in [9.17, 15) is 13.2 Å². The normalized spacial score (nSPS) is 13.0. The number of hydrogen-bond donors (Lipinski definition) is 2. The lowest BCUT2D eigenvalue weighted by atomic mass is 10.2. The van der Waals surface area contributed by atoms with Crippen LogP contribution in [0.15, 0.2) is 52.4 Å². The Balaban J connectivity index is 3.01. The minimum Gasteiger partial charge on any atom is -0.491 e. The van der Waals surface area contributed by atoms with E-state index in [2.05, 4.69) is 16.9 Å². The van der Waals surface area contributed by atoms with Gasteiger partial charge in [-0.2, -0.15) is 13.2 Å². The van der Waals surface area contributed by atoms with Gasteiger partial charge in [-0.25, -0.2) is 4.99 Å². The van der Waals surface area contributed by atoms with E-state index in [0.29, 0.717) is 0 Å². The standard InChI is InChI=1S/C13H13ClF3N3O/c1-8(11(21-2)12(14)19-7-18)20-10-5-3-4-9(6-10)13(15,16)17/h3-7,20H,1H2,2H3,(H2,18,19)/b12-11+. The van der Waals surface area contributed by atoms with Crippen LogP contribution < -0.4 is 11.1 Å². The van der Waals surface area contributed by atoms with Crippen LogP contribution in [0.2, 0.25) is 0 Å². The Labute approximate surface area is 124 Å². The molecule has 1 aromatic rings. The number of rotatable bonds is 5. The van der Waals surface area contributed by atoms with Gasteiger partial charge >= 0.3 is 6.18 Å². The predicted octanol–water partition coefficient (Wildman–Crippen LogP) is 3.67. The molecule has 0 heterocycles. The molecular weight excluding hydrogens is 307 g/mol. The number of nitrogens with zero attached hydrogens (tertiary/aromatic N) is 1. The van der Waals surface area contributed by atoms with Crippen LogP contribution in [0.4, 0.5) is 18.9 Å². The summed E-state index contributed by atoms with van der Waals surface area (Å²) in [4.78, 5) is 3.61. The highest BCUT2D eigenvalue weighted by molar-refractivity contribution is 6.30. The smallest absolute Gasteiger partial charge is 0.416 e. The fraction of sp³-hybridized carbons (Fsp3) is 0.154. The Kier molecular flexibility index (Phi) is 5.66. The van der Waals surface area contributed by atoms with Crippen molar-refractivity contribution in [2.75, 3.05) is 12.4 Å². The zero-order chi connectivity index (χ0) is 16.0. The number of nitrogens with one attached hydrogen (secondary N) is 1. The van der Waals surface area contributed by atoms with Crippen molar-refractivity contribution in [3.05, 3.63) is 53.0 Å². The summed E-state index contributed by atoms with van der Waals surface area (Å²) in [5.74, 6) is 0.0655. The zero-order valence-electron chi connectivity index (χ0n) is 11.0. The van der Waals surface area contributed by atoms with Crippen molar-refractivity contribution in [1.82, 2.24) is 0 Å². The maximum Gasteiger partial charge on any atom is 0.416 e. The van der Waals surface area contributed by atoms with Gasteiger partial charge in [0.1, 0.15) is 0 Å². The quantitative estimate of drug-likeness (QED) is 0.286. The average molecular weight is 320 g/mol. The van der Waals surface area contributed by atoms with Gasteiger partial charge in [0.25, 0.3) is 0 Å². The van der Waals surface area contributed by atoms with Crippen LogP contribution in [0, 0.1) is 0 Å². The Morgan fingerprint density at radius 1 is 1.48 bits per heavy atom. The van der Waals surface area contributed by atoms with E-state index >= 15 is 0 Å². The first-order chi connectivity index (χ1) is 9.79. The first-order valence-corrected chi connectivity index (χ1v) is 5.99. The van der Waals surface area contributed by atoms with Gasteiger partial charge in [0.15, 0.2) is 10.9 Å². The Morgan fingerprint density at radius 3 is 2.67 bits per heavy atom. The van der Waals surface area contributed by atoms with E-state index in [1.54, 1.807) is 0 Å². The van der Waals surface area contributed by atoms with Crippen molar-refractivity contribution < 1.29 is 17.9 Å². The predicted molar refractivity (Wildman–Crippen MR) is 76.8 cm³/mol. The number of alkyl halides is 3. The fourth-order valence-electron chi connectivity index (χ4n) is 1.46. The highest BCUT2D eigenvalue weighted by Crippen LogP contribution is 2.31. The maximum absolute atomic E-state index is 12.6. The van der Waals surface area contributed by atoms with Gasteiger partial charge in [0.05, 0.1) is 24.7 Å². The molecule has 8 heteroatoms. The second-order valence-corrected chi connectivity index (χ2v) is 4.14. The molecule has 1 aromatic carbocycles. The van der Waals surface area contributed by atoms with Gasteiger partial charge in [-0.3, -0.25) is 0 Å². The molecule has 0 unspecified atom stereocenters. The van der Waals surface area contributed by atoms with E-state index in [1.165, 1.54) is 19.2 Å². The third-order valence-electron chi connectivity index (χ3n) is 2.34. The molecule has 0 aromatic heterocycles. The molecule has 4 nitrogen and oxygen atoms in total. The van der Waals surface area contributed by atoms with Crippen molar-refractivity contribution in [3.8, 4) is 0 Å². The summed E-state index contributed by atoms with van der Waals surface area (Å²) in [7, 11) is 1.32. The molecule has 0 bridgehead atoms. The Morgan fingerprint density at radius 2 is 2.14 bits per heavy atom. The van der Waals surface area contributed by atoms with Gasteiger partial charge in [0.2, 0.25) is 0 Å². The lowest BCUT2D eigenvalue weighted by Gasteiger charge is -2.14. The number of anilines is 1. The largest absolute Gasteiger partial charge is 0.491 e. The summed E-state index contributed by atoms with van der Waals surface area (Å²) in [6.45, 7) is 3.64. The molecule has 0 atom stereocenters. The molecule has 0 aliphatic carbocycles. The zero-order valence-corrected chi connectivity index (χ0v) is 11.8. The van der Waals surface area contributed by atoms with Crippen LogP contribution in [0.3, 0.4) is 0 Å². The lowest BCUT2D eigenvalue weighted by Crippen LogP contribution is -2.08. The molecule has 114 valence electrons. The molecule has 21 heavy (non-hydrogen) atoms. The molecule has 0 aliphatic rings. The molecule has 0 fully saturated rings. The Hall–Kier alpha value is -2.15. The summed E-state index contributed by atoms with van der Waals surface area (Å²) >= 11 is 5.81. The topological polar surface area (TPSA) is 59.6 Å². The highest BCUT2D eigenvalue weighted by atomic mass is 35.5. The van der Waals surface area contributed by atoms with Crippen molar-refractivity contribution >= 4 is 23.6 Å². The molecule has 3 N–H and O–H groups in total. The second kappa shape index (κ2) is 7.03. The van der Waals surface area contributed by atoms with E-state index in [-0.39, 0.29) is 22.3 Å². The minimum absolute atomic E-state index is 0.0655. The monoisotopic (exact) mass is 319 g/mol. The van der Waals surface area contributed by atoms with Crippen LogP contribution in [-0.4, -0.2) is 13.4 Å². The summed E-state index contributed by atoms with van der Waals surface area (Å²) in [5, 5.41) is 2.59. The minimum atomic E-state index is -4.43. The number of aliphatic imine (C=N–C) groups is 1. The number of benzene rings is 1. The summed E-state index contributed by atoms with van der Waals surface area (Å²) in [5.41, 5.74) is 4.65.